The molecular weight excluding hydrogens is 156 g/mol. The van der Waals surface area contributed by atoms with Gasteiger partial charge >= 0.3 is 5.97 Å². The summed E-state index contributed by atoms with van der Waals surface area (Å²) < 4.78 is 4.44. The smallest absolute Gasteiger partial charge is 0.335 e. The lowest BCUT2D eigenvalue weighted by Crippen LogP contribution is -2.30. The van der Waals surface area contributed by atoms with Crippen LogP contribution in [0.4, 0.5) is 0 Å². The van der Waals surface area contributed by atoms with Crippen molar-refractivity contribution in [2.45, 2.75) is 25.4 Å². The Morgan fingerprint density at radius 3 is 3.00 bits per heavy atom. The minimum atomic E-state index is -0.980. The van der Waals surface area contributed by atoms with E-state index in [1.807, 2.05) is 12.2 Å². The third-order valence-electron chi connectivity index (χ3n) is 2.14. The van der Waals surface area contributed by atoms with Gasteiger partial charge in [0.2, 0.25) is 0 Å². The predicted molar refractivity (Wildman–Crippen MR) is 44.5 cm³/mol. The summed E-state index contributed by atoms with van der Waals surface area (Å²) in [5.41, 5.74) is 0. The second-order valence-electron chi connectivity index (χ2n) is 2.99. The van der Waals surface area contributed by atoms with Crippen molar-refractivity contribution in [1.29, 1.82) is 0 Å². The first-order chi connectivity index (χ1) is 5.75. The number of hydrogen-bond donors (Lipinski definition) is 1. The van der Waals surface area contributed by atoms with Crippen LogP contribution in [-0.4, -0.2) is 24.3 Å². The second kappa shape index (κ2) is 4.26. The molecule has 0 saturated heterocycles. The van der Waals surface area contributed by atoms with Crippen molar-refractivity contribution in [3.8, 4) is 0 Å². The van der Waals surface area contributed by atoms with Crippen LogP contribution in [0.2, 0.25) is 0 Å². The van der Waals surface area contributed by atoms with E-state index in [2.05, 4.69) is 4.74 Å². The summed E-state index contributed by atoms with van der Waals surface area (Å²) in [5.74, 6) is -0.585. The standard InChI is InChI=1S/C9H14O3/c1-12-9(11)8(10)7-5-3-2-4-6-7/h3,5,7-8,10H,2,4,6H2,1H3/t7-,8-/m1/s1. The Morgan fingerprint density at radius 2 is 2.50 bits per heavy atom. The summed E-state index contributed by atoms with van der Waals surface area (Å²) in [6, 6.07) is 0. The van der Waals surface area contributed by atoms with Gasteiger partial charge < -0.3 is 9.84 Å². The van der Waals surface area contributed by atoms with Gasteiger partial charge in [-0.15, -0.1) is 0 Å². The molecular formula is C9H14O3. The molecule has 0 aromatic heterocycles. The molecule has 0 unspecified atom stereocenters. The third kappa shape index (κ3) is 2.08. The zero-order valence-electron chi connectivity index (χ0n) is 7.19. The topological polar surface area (TPSA) is 46.5 Å². The van der Waals surface area contributed by atoms with E-state index in [4.69, 9.17) is 0 Å². The minimum Gasteiger partial charge on any atom is -0.467 e. The van der Waals surface area contributed by atoms with Crippen LogP contribution in [-0.2, 0) is 9.53 Å². The fourth-order valence-electron chi connectivity index (χ4n) is 1.40. The molecule has 1 N–H and O–H groups in total. The van der Waals surface area contributed by atoms with E-state index in [1.54, 1.807) is 0 Å². The van der Waals surface area contributed by atoms with Gasteiger partial charge in [0, 0.05) is 5.92 Å². The second-order valence-corrected chi connectivity index (χ2v) is 2.99. The van der Waals surface area contributed by atoms with Gasteiger partial charge in [-0.25, -0.2) is 4.79 Å². The number of allylic oxidation sites excluding steroid dienone is 1. The maximum absolute atomic E-state index is 10.9. The first kappa shape index (κ1) is 9.26. The molecule has 0 saturated carbocycles. The Bertz CT molecular complexity index is 186. The van der Waals surface area contributed by atoms with Crippen LogP contribution in [0.5, 0.6) is 0 Å². The maximum atomic E-state index is 10.9. The molecule has 0 radical (unpaired) electrons. The quantitative estimate of drug-likeness (QED) is 0.494. The lowest BCUT2D eigenvalue weighted by molar-refractivity contribution is -0.152. The van der Waals surface area contributed by atoms with Crippen molar-refractivity contribution in [1.82, 2.24) is 0 Å². The molecule has 0 aliphatic heterocycles. The molecule has 1 aliphatic carbocycles. The molecule has 1 aliphatic rings. The minimum absolute atomic E-state index is 0.0498. The Hall–Kier alpha value is -0.830. The molecule has 0 spiro atoms. The van der Waals surface area contributed by atoms with Crippen molar-refractivity contribution in [2.75, 3.05) is 7.11 Å². The van der Waals surface area contributed by atoms with Crippen molar-refractivity contribution in [3.05, 3.63) is 12.2 Å². The van der Waals surface area contributed by atoms with Crippen LogP contribution in [0.15, 0.2) is 12.2 Å². The zero-order valence-corrected chi connectivity index (χ0v) is 7.19. The van der Waals surface area contributed by atoms with Crippen LogP contribution >= 0.6 is 0 Å². The molecule has 2 atom stereocenters. The molecule has 3 heteroatoms. The summed E-state index contributed by atoms with van der Waals surface area (Å²) >= 11 is 0. The van der Waals surface area contributed by atoms with Crippen LogP contribution in [0.25, 0.3) is 0 Å². The molecule has 12 heavy (non-hydrogen) atoms. The number of aliphatic hydroxyl groups excluding tert-OH is 1. The Labute approximate surface area is 72.0 Å². The van der Waals surface area contributed by atoms with Crippen molar-refractivity contribution in [3.63, 3.8) is 0 Å². The van der Waals surface area contributed by atoms with Crippen molar-refractivity contribution in [2.24, 2.45) is 5.92 Å². The number of carbonyl (C=O) groups is 1. The third-order valence-corrected chi connectivity index (χ3v) is 2.14. The van der Waals surface area contributed by atoms with Gasteiger partial charge in [-0.05, 0) is 19.3 Å². The van der Waals surface area contributed by atoms with Gasteiger partial charge in [0.25, 0.3) is 0 Å². The highest BCUT2D eigenvalue weighted by atomic mass is 16.5. The van der Waals surface area contributed by atoms with Gasteiger partial charge in [-0.3, -0.25) is 0 Å². The summed E-state index contributed by atoms with van der Waals surface area (Å²) in [6.45, 7) is 0. The lowest BCUT2D eigenvalue weighted by Gasteiger charge is -2.19. The van der Waals surface area contributed by atoms with Gasteiger partial charge in [0.15, 0.2) is 6.10 Å². The van der Waals surface area contributed by atoms with E-state index < -0.39 is 12.1 Å². The molecule has 0 bridgehead atoms. The fraction of sp³-hybridized carbons (Fsp3) is 0.667. The largest absolute Gasteiger partial charge is 0.467 e. The monoisotopic (exact) mass is 170 g/mol. The van der Waals surface area contributed by atoms with Crippen molar-refractivity contribution < 1.29 is 14.6 Å². The van der Waals surface area contributed by atoms with E-state index in [0.29, 0.717) is 0 Å². The SMILES string of the molecule is COC(=O)[C@H](O)[C@@H]1C=CCCC1. The maximum Gasteiger partial charge on any atom is 0.335 e. The Kier molecular flexibility index (Phi) is 3.29. The van der Waals surface area contributed by atoms with E-state index in [-0.39, 0.29) is 5.92 Å². The van der Waals surface area contributed by atoms with Crippen LogP contribution in [0.3, 0.4) is 0 Å². The van der Waals surface area contributed by atoms with Crippen LogP contribution in [0.1, 0.15) is 19.3 Å². The molecule has 0 amide bonds. The molecule has 3 nitrogen and oxygen atoms in total. The van der Waals surface area contributed by atoms with E-state index in [9.17, 15) is 9.90 Å². The number of aliphatic hydroxyl groups is 1. The molecule has 68 valence electrons. The summed E-state index contributed by atoms with van der Waals surface area (Å²) in [5, 5.41) is 9.42. The molecule has 0 aromatic rings. The number of esters is 1. The van der Waals surface area contributed by atoms with Gasteiger partial charge in [-0.1, -0.05) is 12.2 Å². The number of carbonyl (C=O) groups excluding carboxylic acids is 1. The highest BCUT2D eigenvalue weighted by Gasteiger charge is 2.25. The first-order valence-corrected chi connectivity index (χ1v) is 4.18. The normalized spacial score (nSPS) is 25.0. The summed E-state index contributed by atoms with van der Waals surface area (Å²) in [7, 11) is 1.29. The summed E-state index contributed by atoms with van der Waals surface area (Å²) in [6.07, 6.45) is 5.86. The zero-order chi connectivity index (χ0) is 8.97. The highest BCUT2D eigenvalue weighted by Crippen LogP contribution is 2.20. The van der Waals surface area contributed by atoms with E-state index in [1.165, 1.54) is 7.11 Å². The van der Waals surface area contributed by atoms with Crippen LogP contribution < -0.4 is 0 Å². The molecule has 0 aromatic carbocycles. The first-order valence-electron chi connectivity index (χ1n) is 4.18. The fourth-order valence-corrected chi connectivity index (χ4v) is 1.40. The molecule has 0 fully saturated rings. The average Bonchev–Trinajstić information content (AvgIpc) is 2.17. The van der Waals surface area contributed by atoms with Gasteiger partial charge in [0.1, 0.15) is 0 Å². The Balaban J connectivity index is 2.50. The van der Waals surface area contributed by atoms with Crippen molar-refractivity contribution >= 4 is 5.97 Å². The van der Waals surface area contributed by atoms with E-state index >= 15 is 0 Å². The Morgan fingerprint density at radius 1 is 1.75 bits per heavy atom. The average molecular weight is 170 g/mol. The predicted octanol–water partition coefficient (Wildman–Crippen LogP) is 0.877. The van der Waals surface area contributed by atoms with E-state index in [0.717, 1.165) is 19.3 Å². The number of ether oxygens (including phenoxy) is 1. The highest BCUT2D eigenvalue weighted by molar-refractivity contribution is 5.74. The molecule has 1 rings (SSSR count). The van der Waals surface area contributed by atoms with Gasteiger partial charge in [-0.2, -0.15) is 0 Å². The summed E-state index contributed by atoms with van der Waals surface area (Å²) in [4.78, 5) is 10.9. The number of rotatable bonds is 2. The number of methoxy groups -OCH3 is 1. The van der Waals surface area contributed by atoms with Crippen LogP contribution in [0, 0.1) is 5.92 Å². The number of hydrogen-bond acceptors (Lipinski definition) is 3. The molecule has 0 heterocycles. The van der Waals surface area contributed by atoms with Gasteiger partial charge in [0.05, 0.1) is 7.11 Å². The lowest BCUT2D eigenvalue weighted by atomic mass is 9.91.